The van der Waals surface area contributed by atoms with E-state index in [1.54, 1.807) is 0 Å². The third-order valence-electron chi connectivity index (χ3n) is 12.7. The third-order valence-corrected chi connectivity index (χ3v) is 12.7. The van der Waals surface area contributed by atoms with Gasteiger partial charge in [0.25, 0.3) is 0 Å². The first kappa shape index (κ1) is 37.3. The summed E-state index contributed by atoms with van der Waals surface area (Å²) in [6.07, 6.45) is 0. The Labute approximate surface area is 372 Å². The van der Waals surface area contributed by atoms with Crippen molar-refractivity contribution in [3.05, 3.63) is 249 Å². The molecule has 0 atom stereocenters. The molecule has 0 bridgehead atoms. The van der Waals surface area contributed by atoms with Gasteiger partial charge in [-0.2, -0.15) is 0 Å². The predicted molar refractivity (Wildman–Crippen MR) is 271 cm³/mol. The molecule has 0 radical (unpaired) electrons. The van der Waals surface area contributed by atoms with Crippen molar-refractivity contribution in [2.24, 2.45) is 0 Å². The molecular formula is C62H41NO. The average Bonchev–Trinajstić information content (AvgIpc) is 3.75. The quantitative estimate of drug-likeness (QED) is 0.142. The molecule has 0 unspecified atom stereocenters. The summed E-state index contributed by atoms with van der Waals surface area (Å²) >= 11 is 0. The molecule has 0 N–H and O–H groups in total. The zero-order valence-electron chi connectivity index (χ0n) is 35.0. The molecule has 300 valence electrons. The Morgan fingerprint density at radius 1 is 0.234 bits per heavy atom. The van der Waals surface area contributed by atoms with Crippen LogP contribution in [-0.4, -0.2) is 0 Å². The molecule has 0 saturated carbocycles. The molecule has 0 aliphatic carbocycles. The lowest BCUT2D eigenvalue weighted by molar-refractivity contribution is 0.669. The van der Waals surface area contributed by atoms with Crippen LogP contribution in [-0.2, 0) is 0 Å². The van der Waals surface area contributed by atoms with Crippen LogP contribution >= 0.6 is 0 Å². The summed E-state index contributed by atoms with van der Waals surface area (Å²) in [5.74, 6) is 0. The zero-order valence-corrected chi connectivity index (χ0v) is 35.0. The van der Waals surface area contributed by atoms with Gasteiger partial charge < -0.3 is 9.32 Å². The Bertz CT molecular complexity index is 3630. The second-order valence-electron chi connectivity index (χ2n) is 16.5. The predicted octanol–water partition coefficient (Wildman–Crippen LogP) is 17.7. The van der Waals surface area contributed by atoms with E-state index in [0.29, 0.717) is 0 Å². The highest BCUT2D eigenvalue weighted by atomic mass is 16.3. The highest BCUT2D eigenvalue weighted by Crippen LogP contribution is 2.43. The summed E-state index contributed by atoms with van der Waals surface area (Å²) in [5.41, 5.74) is 17.0. The lowest BCUT2D eigenvalue weighted by atomic mass is 9.96. The summed E-state index contributed by atoms with van der Waals surface area (Å²) in [6, 6.07) is 89.7. The van der Waals surface area contributed by atoms with Crippen LogP contribution in [0.25, 0.3) is 99.1 Å². The Morgan fingerprint density at radius 3 is 1.19 bits per heavy atom. The highest BCUT2D eigenvalue weighted by Gasteiger charge is 2.18. The summed E-state index contributed by atoms with van der Waals surface area (Å²) in [6.45, 7) is 0. The average molecular weight is 816 g/mol. The maximum absolute atomic E-state index is 6.28. The van der Waals surface area contributed by atoms with E-state index in [-0.39, 0.29) is 0 Å². The van der Waals surface area contributed by atoms with Gasteiger partial charge in [0.2, 0.25) is 0 Å². The fourth-order valence-corrected chi connectivity index (χ4v) is 9.38. The maximum Gasteiger partial charge on any atom is 0.135 e. The number of benzene rings is 11. The minimum atomic E-state index is 0.899. The minimum absolute atomic E-state index is 0.899. The molecule has 12 aromatic rings. The van der Waals surface area contributed by atoms with Crippen molar-refractivity contribution in [1.82, 2.24) is 0 Å². The molecule has 12 rings (SSSR count). The van der Waals surface area contributed by atoms with Crippen LogP contribution in [0.2, 0.25) is 0 Å². The Hall–Kier alpha value is -8.46. The van der Waals surface area contributed by atoms with E-state index in [1.165, 1.54) is 71.6 Å². The summed E-state index contributed by atoms with van der Waals surface area (Å²) in [4.78, 5) is 2.40. The molecule has 11 aromatic carbocycles. The van der Waals surface area contributed by atoms with Gasteiger partial charge in [-0.15, -0.1) is 0 Å². The smallest absolute Gasteiger partial charge is 0.135 e. The first-order valence-corrected chi connectivity index (χ1v) is 21.9. The third kappa shape index (κ3) is 6.79. The van der Waals surface area contributed by atoms with Gasteiger partial charge in [-0.05, 0) is 132 Å². The first-order chi connectivity index (χ1) is 31.7. The van der Waals surface area contributed by atoms with Crippen LogP contribution in [0.4, 0.5) is 17.1 Å². The van der Waals surface area contributed by atoms with Crippen molar-refractivity contribution in [2.75, 3.05) is 4.90 Å². The van der Waals surface area contributed by atoms with Gasteiger partial charge in [0.1, 0.15) is 11.2 Å². The summed E-state index contributed by atoms with van der Waals surface area (Å²) in [5, 5.41) is 7.19. The topological polar surface area (TPSA) is 16.4 Å². The number of anilines is 3. The van der Waals surface area contributed by atoms with Crippen molar-refractivity contribution in [3.8, 4) is 55.6 Å². The van der Waals surface area contributed by atoms with Gasteiger partial charge >= 0.3 is 0 Å². The molecule has 2 nitrogen and oxygen atoms in total. The van der Waals surface area contributed by atoms with Crippen LogP contribution in [0.1, 0.15) is 0 Å². The van der Waals surface area contributed by atoms with E-state index in [9.17, 15) is 0 Å². The molecular weight excluding hydrogens is 775 g/mol. The molecule has 64 heavy (non-hydrogen) atoms. The fourth-order valence-electron chi connectivity index (χ4n) is 9.38. The monoisotopic (exact) mass is 815 g/mol. The van der Waals surface area contributed by atoms with E-state index in [2.05, 4.69) is 254 Å². The van der Waals surface area contributed by atoms with Crippen molar-refractivity contribution in [2.45, 2.75) is 0 Å². The summed E-state index contributed by atoms with van der Waals surface area (Å²) in [7, 11) is 0. The Balaban J connectivity index is 0.860. The van der Waals surface area contributed by atoms with E-state index >= 15 is 0 Å². The van der Waals surface area contributed by atoms with Gasteiger partial charge in [-0.3, -0.25) is 0 Å². The molecule has 0 saturated heterocycles. The number of furan rings is 1. The maximum atomic E-state index is 6.28. The van der Waals surface area contributed by atoms with Gasteiger partial charge in [0, 0.05) is 27.5 Å². The minimum Gasteiger partial charge on any atom is -0.456 e. The number of nitrogens with zero attached hydrogens (tertiary/aromatic N) is 1. The SMILES string of the molecule is c1ccc(-c2ccc(N(c3ccc(-c4ccc(-c5cccc(-c6ccc7oc8ccc(-c9ccccc9)cc8c7c6)c5)cc4)cc3)c3cc4ccccc4c4ccccc34)cc2)cc1. The van der Waals surface area contributed by atoms with Gasteiger partial charge in [-0.25, -0.2) is 0 Å². The van der Waals surface area contributed by atoms with Crippen molar-refractivity contribution in [3.63, 3.8) is 0 Å². The molecule has 2 heteroatoms. The van der Waals surface area contributed by atoms with Crippen LogP contribution in [0.3, 0.4) is 0 Å². The second kappa shape index (κ2) is 15.8. The van der Waals surface area contributed by atoms with Crippen molar-refractivity contribution < 1.29 is 4.42 Å². The lowest BCUT2D eigenvalue weighted by Gasteiger charge is -2.28. The van der Waals surface area contributed by atoms with Crippen molar-refractivity contribution in [1.29, 1.82) is 0 Å². The lowest BCUT2D eigenvalue weighted by Crippen LogP contribution is -2.10. The van der Waals surface area contributed by atoms with Crippen LogP contribution in [0.5, 0.6) is 0 Å². The van der Waals surface area contributed by atoms with E-state index in [0.717, 1.165) is 44.6 Å². The Morgan fingerprint density at radius 2 is 0.609 bits per heavy atom. The largest absolute Gasteiger partial charge is 0.456 e. The van der Waals surface area contributed by atoms with Crippen molar-refractivity contribution >= 4 is 60.5 Å². The van der Waals surface area contributed by atoms with E-state index < -0.39 is 0 Å². The summed E-state index contributed by atoms with van der Waals surface area (Å²) < 4.78 is 6.28. The van der Waals surface area contributed by atoms with Gasteiger partial charge in [0.05, 0.1) is 5.69 Å². The molecule has 0 aliphatic heterocycles. The molecule has 1 aromatic heterocycles. The highest BCUT2D eigenvalue weighted by molar-refractivity contribution is 6.14. The standard InChI is InChI=1S/C62H41NO/c1-3-12-42(13-4-1)45-26-32-53(33-27-45)63(60-41-52-16-7-8-19-55(52)56-20-9-10-21-57(56)60)54-34-28-46(29-35-54)44-22-24-47(25-23-44)48-17-11-18-49(38-48)51-31-37-62-59(40-51)58-39-50(30-36-61(58)64-62)43-14-5-2-6-15-43/h1-41H. The second-order valence-corrected chi connectivity index (χ2v) is 16.5. The van der Waals surface area contributed by atoms with Crippen LogP contribution in [0, 0.1) is 0 Å². The first-order valence-electron chi connectivity index (χ1n) is 21.9. The fraction of sp³-hybridized carbons (Fsp3) is 0. The van der Waals surface area contributed by atoms with E-state index in [1.807, 2.05) is 0 Å². The Kier molecular flexibility index (Phi) is 9.20. The number of rotatable bonds is 8. The molecule has 0 fully saturated rings. The normalized spacial score (nSPS) is 11.4. The number of hydrogen-bond acceptors (Lipinski definition) is 2. The number of fused-ring (bicyclic) bond motifs is 6. The molecule has 0 amide bonds. The van der Waals surface area contributed by atoms with Gasteiger partial charge in [0.15, 0.2) is 0 Å². The molecule has 0 aliphatic rings. The van der Waals surface area contributed by atoms with Crippen LogP contribution < -0.4 is 4.90 Å². The van der Waals surface area contributed by atoms with Gasteiger partial charge in [-0.1, -0.05) is 188 Å². The van der Waals surface area contributed by atoms with Crippen LogP contribution in [0.15, 0.2) is 253 Å². The zero-order chi connectivity index (χ0) is 42.4. The van der Waals surface area contributed by atoms with E-state index in [4.69, 9.17) is 4.42 Å². The number of hydrogen-bond donors (Lipinski definition) is 0. The molecule has 0 spiro atoms. The molecule has 1 heterocycles.